The first-order chi connectivity index (χ1) is 10.0. The van der Waals surface area contributed by atoms with Gasteiger partial charge in [-0.25, -0.2) is 0 Å². The molecule has 2 aromatic carbocycles. The van der Waals surface area contributed by atoms with Gasteiger partial charge in [-0.1, -0.05) is 60.7 Å². The molecule has 1 atom stereocenters. The van der Waals surface area contributed by atoms with Gasteiger partial charge in [-0.2, -0.15) is 8.78 Å². The normalized spacial score (nSPS) is 12.9. The fraction of sp³-hybridized carbons (Fsp3) is 0.235. The number of carbonyl (C=O) groups excluding carboxylic acids is 1. The predicted molar refractivity (Wildman–Crippen MR) is 76.1 cm³/mol. The number of aliphatic hydroxyl groups excluding tert-OH is 1. The lowest BCUT2D eigenvalue weighted by atomic mass is 9.96. The van der Waals surface area contributed by atoms with Crippen molar-refractivity contribution in [2.24, 2.45) is 0 Å². The molecular weight excluding hydrogens is 274 g/mol. The molecule has 110 valence electrons. The van der Waals surface area contributed by atoms with E-state index in [1.54, 1.807) is 42.5 Å². The highest BCUT2D eigenvalue weighted by Gasteiger charge is 2.46. The number of benzene rings is 2. The van der Waals surface area contributed by atoms with E-state index in [1.165, 1.54) is 12.1 Å². The van der Waals surface area contributed by atoms with Crippen LogP contribution in [0.15, 0.2) is 60.7 Å². The van der Waals surface area contributed by atoms with Crippen LogP contribution in [-0.2, 0) is 11.2 Å². The highest BCUT2D eigenvalue weighted by molar-refractivity contribution is 5.86. The van der Waals surface area contributed by atoms with Crippen LogP contribution in [0.1, 0.15) is 23.7 Å². The van der Waals surface area contributed by atoms with Crippen molar-refractivity contribution in [2.75, 3.05) is 0 Å². The Morgan fingerprint density at radius 2 is 1.52 bits per heavy atom. The number of aliphatic hydroxyl groups is 1. The van der Waals surface area contributed by atoms with Crippen molar-refractivity contribution in [1.29, 1.82) is 0 Å². The summed E-state index contributed by atoms with van der Waals surface area (Å²) in [5.74, 6) is -5.03. The lowest BCUT2D eigenvalue weighted by Gasteiger charge is -2.21. The molecule has 0 radical (unpaired) electrons. The first-order valence-electron chi connectivity index (χ1n) is 6.70. The number of carbonyl (C=O) groups is 1. The minimum atomic E-state index is -3.78. The van der Waals surface area contributed by atoms with E-state index >= 15 is 0 Å². The molecule has 0 spiro atoms. The Bertz CT molecular complexity index is 582. The molecule has 2 nitrogen and oxygen atoms in total. The number of alkyl halides is 2. The fourth-order valence-electron chi connectivity index (χ4n) is 2.07. The van der Waals surface area contributed by atoms with Crippen molar-refractivity contribution in [3.8, 4) is 0 Å². The zero-order chi connectivity index (χ0) is 15.3. The smallest absolute Gasteiger partial charge is 0.334 e. The topological polar surface area (TPSA) is 37.3 Å². The monoisotopic (exact) mass is 290 g/mol. The molecule has 0 heterocycles. The summed E-state index contributed by atoms with van der Waals surface area (Å²) >= 11 is 0. The van der Waals surface area contributed by atoms with Crippen LogP contribution in [0.2, 0.25) is 0 Å². The van der Waals surface area contributed by atoms with Crippen molar-refractivity contribution in [3.05, 3.63) is 71.8 Å². The molecule has 1 unspecified atom stereocenters. The van der Waals surface area contributed by atoms with Crippen LogP contribution in [0, 0.1) is 0 Å². The molecule has 21 heavy (non-hydrogen) atoms. The Kier molecular flexibility index (Phi) is 4.81. The van der Waals surface area contributed by atoms with E-state index in [9.17, 15) is 18.7 Å². The van der Waals surface area contributed by atoms with Gasteiger partial charge in [0.15, 0.2) is 0 Å². The number of hydrogen-bond acceptors (Lipinski definition) is 2. The first-order valence-corrected chi connectivity index (χ1v) is 6.70. The minimum Gasteiger partial charge on any atom is -0.382 e. The number of halogens is 2. The van der Waals surface area contributed by atoms with Gasteiger partial charge in [0.2, 0.25) is 5.78 Å². The van der Waals surface area contributed by atoms with E-state index in [1.807, 2.05) is 6.07 Å². The molecule has 2 aromatic rings. The Morgan fingerprint density at radius 1 is 1.00 bits per heavy atom. The average molecular weight is 290 g/mol. The summed E-state index contributed by atoms with van der Waals surface area (Å²) in [5.41, 5.74) is 0.853. The SMILES string of the molecule is O=C(CCc1ccccc1)C(F)(F)C(O)c1ccccc1. The summed E-state index contributed by atoms with van der Waals surface area (Å²) in [5, 5.41) is 9.75. The lowest BCUT2D eigenvalue weighted by molar-refractivity contribution is -0.161. The largest absolute Gasteiger partial charge is 0.382 e. The second-order valence-corrected chi connectivity index (χ2v) is 4.84. The summed E-state index contributed by atoms with van der Waals surface area (Å²) in [7, 11) is 0. The number of ketones is 1. The maximum Gasteiger partial charge on any atom is 0.334 e. The van der Waals surface area contributed by atoms with Gasteiger partial charge in [-0.3, -0.25) is 4.79 Å². The van der Waals surface area contributed by atoms with E-state index < -0.39 is 17.8 Å². The third kappa shape index (κ3) is 3.73. The molecule has 0 aliphatic rings. The number of hydrogen-bond donors (Lipinski definition) is 1. The van der Waals surface area contributed by atoms with Crippen LogP contribution in [0.3, 0.4) is 0 Å². The first kappa shape index (κ1) is 15.3. The molecule has 0 aromatic heterocycles. The van der Waals surface area contributed by atoms with Crippen LogP contribution in [0.5, 0.6) is 0 Å². The molecule has 0 amide bonds. The molecule has 0 bridgehead atoms. The maximum atomic E-state index is 14.0. The van der Waals surface area contributed by atoms with Crippen molar-refractivity contribution in [2.45, 2.75) is 24.9 Å². The van der Waals surface area contributed by atoms with E-state index in [0.717, 1.165) is 5.56 Å². The Hall–Kier alpha value is -2.07. The zero-order valence-corrected chi connectivity index (χ0v) is 11.4. The van der Waals surface area contributed by atoms with Crippen LogP contribution in [0.4, 0.5) is 8.78 Å². The van der Waals surface area contributed by atoms with E-state index in [-0.39, 0.29) is 18.4 Å². The molecule has 0 aliphatic heterocycles. The molecular formula is C17H16F2O2. The van der Waals surface area contributed by atoms with Gasteiger partial charge in [-0.15, -0.1) is 0 Å². The van der Waals surface area contributed by atoms with Crippen molar-refractivity contribution < 1.29 is 18.7 Å². The van der Waals surface area contributed by atoms with Crippen molar-refractivity contribution >= 4 is 5.78 Å². The van der Waals surface area contributed by atoms with Crippen LogP contribution in [0.25, 0.3) is 0 Å². The Balaban J connectivity index is 2.03. The zero-order valence-electron chi connectivity index (χ0n) is 11.4. The molecule has 0 fully saturated rings. The molecule has 1 N–H and O–H groups in total. The van der Waals surface area contributed by atoms with Gasteiger partial charge in [-0.05, 0) is 17.5 Å². The van der Waals surface area contributed by atoms with Gasteiger partial charge in [0.25, 0.3) is 0 Å². The van der Waals surface area contributed by atoms with Crippen molar-refractivity contribution in [1.82, 2.24) is 0 Å². The summed E-state index contributed by atoms with van der Waals surface area (Å²) in [6.45, 7) is 0. The average Bonchev–Trinajstić information content (AvgIpc) is 2.53. The summed E-state index contributed by atoms with van der Waals surface area (Å²) in [4.78, 5) is 11.7. The van der Waals surface area contributed by atoms with E-state index in [0.29, 0.717) is 0 Å². The quantitative estimate of drug-likeness (QED) is 0.883. The molecule has 2 rings (SSSR count). The molecule has 0 aliphatic carbocycles. The predicted octanol–water partition coefficient (Wildman–Crippen LogP) is 3.56. The number of rotatable bonds is 6. The van der Waals surface area contributed by atoms with Gasteiger partial charge in [0.05, 0.1) is 0 Å². The van der Waals surface area contributed by atoms with Crippen LogP contribution >= 0.6 is 0 Å². The van der Waals surface area contributed by atoms with Gasteiger partial charge in [0, 0.05) is 6.42 Å². The summed E-state index contributed by atoms with van der Waals surface area (Å²) < 4.78 is 28.0. The second kappa shape index (κ2) is 6.59. The third-order valence-corrected chi connectivity index (χ3v) is 3.31. The lowest BCUT2D eigenvalue weighted by Crippen LogP contribution is -2.36. The Morgan fingerprint density at radius 3 is 2.10 bits per heavy atom. The van der Waals surface area contributed by atoms with Gasteiger partial charge < -0.3 is 5.11 Å². The fourth-order valence-corrected chi connectivity index (χ4v) is 2.07. The van der Waals surface area contributed by atoms with Crippen LogP contribution in [-0.4, -0.2) is 16.8 Å². The minimum absolute atomic E-state index is 0.0376. The van der Waals surface area contributed by atoms with Crippen molar-refractivity contribution in [3.63, 3.8) is 0 Å². The van der Waals surface area contributed by atoms with E-state index in [4.69, 9.17) is 0 Å². The van der Waals surface area contributed by atoms with E-state index in [2.05, 4.69) is 0 Å². The number of Topliss-reactive ketones (excluding diaryl/α,β-unsaturated/α-hetero) is 1. The second-order valence-electron chi connectivity index (χ2n) is 4.84. The maximum absolute atomic E-state index is 14.0. The standard InChI is InChI=1S/C17H16F2O2/c18-17(19,16(21)14-9-5-2-6-10-14)15(20)12-11-13-7-3-1-4-8-13/h1-10,16,21H,11-12H2. The number of aryl methyl sites for hydroxylation is 1. The molecule has 4 heteroatoms. The Labute approximate surface area is 122 Å². The summed E-state index contributed by atoms with van der Waals surface area (Å²) in [6.07, 6.45) is -2.18. The molecule has 0 saturated carbocycles. The third-order valence-electron chi connectivity index (χ3n) is 3.31. The van der Waals surface area contributed by atoms with Crippen LogP contribution < -0.4 is 0 Å². The molecule has 0 saturated heterocycles. The van der Waals surface area contributed by atoms with Gasteiger partial charge >= 0.3 is 5.92 Å². The summed E-state index contributed by atoms with van der Waals surface area (Å²) in [6, 6.07) is 16.5. The van der Waals surface area contributed by atoms with Gasteiger partial charge in [0.1, 0.15) is 6.10 Å². The highest BCUT2D eigenvalue weighted by Crippen LogP contribution is 2.33. The highest BCUT2D eigenvalue weighted by atomic mass is 19.3.